The van der Waals surface area contributed by atoms with Crippen LogP contribution in [0.1, 0.15) is 25.3 Å². The molecule has 0 aromatic carbocycles. The van der Waals surface area contributed by atoms with Crippen LogP contribution in [-0.2, 0) is 0 Å². The molecule has 1 heterocycles. The van der Waals surface area contributed by atoms with E-state index in [0.717, 1.165) is 19.3 Å². The van der Waals surface area contributed by atoms with Crippen molar-refractivity contribution < 1.29 is 5.11 Å². The normalized spacial score (nSPS) is 28.1. The zero-order valence-corrected chi connectivity index (χ0v) is 7.23. The Kier molecular flexibility index (Phi) is 1.88. The smallest absolute Gasteiger partial charge is 0.266 e. The number of aliphatic hydroxyl groups excluding tert-OH is 1. The van der Waals surface area contributed by atoms with Crippen molar-refractivity contribution in [2.45, 2.75) is 31.4 Å². The molecule has 2 unspecified atom stereocenters. The third kappa shape index (κ3) is 1.35. The van der Waals surface area contributed by atoms with Gasteiger partial charge >= 0.3 is 0 Å². The van der Waals surface area contributed by atoms with Crippen molar-refractivity contribution in [3.8, 4) is 0 Å². The Morgan fingerprint density at radius 3 is 2.85 bits per heavy atom. The van der Waals surface area contributed by atoms with Crippen molar-refractivity contribution >= 4 is 5.82 Å². The number of rotatable bonds is 1. The summed E-state index contributed by atoms with van der Waals surface area (Å²) < 4.78 is 1.57. The number of aromatic amines is 1. The van der Waals surface area contributed by atoms with Crippen molar-refractivity contribution in [3.63, 3.8) is 0 Å². The van der Waals surface area contributed by atoms with Gasteiger partial charge in [-0.2, -0.15) is 0 Å². The van der Waals surface area contributed by atoms with E-state index in [1.54, 1.807) is 4.68 Å². The Hall–Kier alpha value is -1.23. The highest BCUT2D eigenvalue weighted by Crippen LogP contribution is 2.30. The first kappa shape index (κ1) is 8.37. The number of hydrogen-bond acceptors (Lipinski definition) is 3. The van der Waals surface area contributed by atoms with Gasteiger partial charge in [0.15, 0.2) is 0 Å². The van der Waals surface area contributed by atoms with Crippen LogP contribution in [0, 0.1) is 0 Å². The molecule has 1 aromatic heterocycles. The largest absolute Gasteiger partial charge is 0.391 e. The van der Waals surface area contributed by atoms with E-state index < -0.39 is 0 Å². The maximum absolute atomic E-state index is 10.9. The average molecular weight is 183 g/mol. The minimum Gasteiger partial charge on any atom is -0.391 e. The first-order chi connectivity index (χ1) is 6.18. The second kappa shape index (κ2) is 2.92. The molecule has 2 atom stereocenters. The maximum Gasteiger partial charge on any atom is 0.266 e. The van der Waals surface area contributed by atoms with Gasteiger partial charge in [-0.1, -0.05) is 0 Å². The fourth-order valence-electron chi connectivity index (χ4n) is 1.92. The summed E-state index contributed by atoms with van der Waals surface area (Å²) in [6.07, 6.45) is 2.25. The Labute approximate surface area is 75.2 Å². The van der Waals surface area contributed by atoms with Gasteiger partial charge in [0.2, 0.25) is 0 Å². The Bertz CT molecular complexity index is 355. The number of nitrogen functional groups attached to an aromatic ring is 1. The third-order valence-corrected chi connectivity index (χ3v) is 2.56. The van der Waals surface area contributed by atoms with Gasteiger partial charge in [0.25, 0.3) is 5.56 Å². The van der Waals surface area contributed by atoms with E-state index >= 15 is 0 Å². The summed E-state index contributed by atoms with van der Waals surface area (Å²) in [5.74, 6) is 0.399. The first-order valence-corrected chi connectivity index (χ1v) is 4.43. The molecule has 5 heteroatoms. The van der Waals surface area contributed by atoms with Crippen LogP contribution in [0.25, 0.3) is 0 Å². The van der Waals surface area contributed by atoms with Gasteiger partial charge in [0.05, 0.1) is 12.1 Å². The molecule has 1 fully saturated rings. The van der Waals surface area contributed by atoms with Crippen molar-refractivity contribution in [1.82, 2.24) is 9.78 Å². The molecule has 0 aliphatic heterocycles. The number of H-pyrrole nitrogens is 1. The van der Waals surface area contributed by atoms with Crippen molar-refractivity contribution in [2.75, 3.05) is 5.73 Å². The van der Waals surface area contributed by atoms with Gasteiger partial charge in [-0.05, 0) is 19.3 Å². The highest BCUT2D eigenvalue weighted by molar-refractivity contribution is 5.27. The van der Waals surface area contributed by atoms with Gasteiger partial charge in [-0.3, -0.25) is 14.6 Å². The first-order valence-electron chi connectivity index (χ1n) is 4.43. The predicted octanol–water partition coefficient (Wildman–Crippen LogP) is -0.156. The maximum atomic E-state index is 10.9. The number of nitrogens with one attached hydrogen (secondary N) is 1. The Balaban J connectivity index is 2.34. The van der Waals surface area contributed by atoms with Crippen LogP contribution in [0.3, 0.4) is 0 Å². The molecule has 0 saturated heterocycles. The quantitative estimate of drug-likeness (QED) is 0.566. The summed E-state index contributed by atoms with van der Waals surface area (Å²) in [4.78, 5) is 10.9. The molecule has 0 bridgehead atoms. The monoisotopic (exact) mass is 183 g/mol. The molecule has 0 radical (unpaired) electrons. The number of aliphatic hydroxyl groups is 1. The fraction of sp³-hybridized carbons (Fsp3) is 0.625. The van der Waals surface area contributed by atoms with E-state index in [4.69, 9.17) is 5.73 Å². The molecule has 4 N–H and O–H groups in total. The lowest BCUT2D eigenvalue weighted by Crippen LogP contribution is -2.21. The second-order valence-corrected chi connectivity index (χ2v) is 3.48. The van der Waals surface area contributed by atoms with Crippen LogP contribution < -0.4 is 11.3 Å². The molecule has 0 amide bonds. The third-order valence-electron chi connectivity index (χ3n) is 2.56. The second-order valence-electron chi connectivity index (χ2n) is 3.48. The molecule has 1 saturated carbocycles. The van der Waals surface area contributed by atoms with Gasteiger partial charge in [0.1, 0.15) is 5.82 Å². The van der Waals surface area contributed by atoms with Crippen LogP contribution in [0.2, 0.25) is 0 Å². The predicted molar refractivity (Wildman–Crippen MR) is 48.4 cm³/mol. The summed E-state index contributed by atoms with van der Waals surface area (Å²) in [5, 5.41) is 12.2. The zero-order chi connectivity index (χ0) is 9.42. The molecule has 2 rings (SSSR count). The van der Waals surface area contributed by atoms with Crippen LogP contribution >= 0.6 is 0 Å². The number of aromatic nitrogens is 2. The molecule has 1 aromatic rings. The average Bonchev–Trinajstić information content (AvgIpc) is 2.58. The molecule has 72 valence electrons. The number of anilines is 1. The summed E-state index contributed by atoms with van der Waals surface area (Å²) in [6, 6.07) is 1.29. The lowest BCUT2D eigenvalue weighted by atomic mass is 10.2. The van der Waals surface area contributed by atoms with Crippen LogP contribution in [-0.4, -0.2) is 21.0 Å². The molecule has 1 aliphatic rings. The topological polar surface area (TPSA) is 84.0 Å². The minimum absolute atomic E-state index is 0.0531. The molecule has 13 heavy (non-hydrogen) atoms. The van der Waals surface area contributed by atoms with E-state index in [-0.39, 0.29) is 17.7 Å². The van der Waals surface area contributed by atoms with Gasteiger partial charge in [-0.25, -0.2) is 0 Å². The van der Waals surface area contributed by atoms with E-state index in [1.807, 2.05) is 0 Å². The SMILES string of the molecule is Nc1cc(=O)[nH]n1C1CCCC1O. The van der Waals surface area contributed by atoms with Crippen LogP contribution in [0.5, 0.6) is 0 Å². The van der Waals surface area contributed by atoms with Crippen LogP contribution in [0.4, 0.5) is 5.82 Å². The summed E-state index contributed by atoms with van der Waals surface area (Å²) in [7, 11) is 0. The van der Waals surface area contributed by atoms with Crippen molar-refractivity contribution in [1.29, 1.82) is 0 Å². The summed E-state index contributed by atoms with van der Waals surface area (Å²) >= 11 is 0. The Morgan fingerprint density at radius 2 is 2.38 bits per heavy atom. The van der Waals surface area contributed by atoms with E-state index in [9.17, 15) is 9.90 Å². The van der Waals surface area contributed by atoms with Gasteiger partial charge in [0, 0.05) is 6.07 Å². The minimum atomic E-state index is -0.384. The lowest BCUT2D eigenvalue weighted by molar-refractivity contribution is 0.131. The number of hydrogen-bond donors (Lipinski definition) is 3. The molecule has 0 spiro atoms. The van der Waals surface area contributed by atoms with Crippen molar-refractivity contribution in [3.05, 3.63) is 16.4 Å². The summed E-state index contributed by atoms with van der Waals surface area (Å²) in [6.45, 7) is 0. The molecular formula is C8H13N3O2. The molecule has 1 aliphatic carbocycles. The summed E-state index contributed by atoms with van der Waals surface area (Å²) in [5.41, 5.74) is 5.39. The van der Waals surface area contributed by atoms with Gasteiger partial charge in [-0.15, -0.1) is 0 Å². The van der Waals surface area contributed by atoms with E-state index in [1.165, 1.54) is 6.07 Å². The lowest BCUT2D eigenvalue weighted by Gasteiger charge is -2.16. The van der Waals surface area contributed by atoms with Gasteiger partial charge < -0.3 is 10.8 Å². The number of nitrogens with two attached hydrogens (primary N) is 1. The highest BCUT2D eigenvalue weighted by Gasteiger charge is 2.28. The highest BCUT2D eigenvalue weighted by atomic mass is 16.3. The Morgan fingerprint density at radius 1 is 1.62 bits per heavy atom. The molecular weight excluding hydrogens is 170 g/mol. The van der Waals surface area contributed by atoms with Crippen LogP contribution in [0.15, 0.2) is 10.9 Å². The fourth-order valence-corrected chi connectivity index (χ4v) is 1.92. The van der Waals surface area contributed by atoms with E-state index in [0.29, 0.717) is 5.82 Å². The molecule has 5 nitrogen and oxygen atoms in total. The van der Waals surface area contributed by atoms with Crippen molar-refractivity contribution in [2.24, 2.45) is 0 Å². The zero-order valence-electron chi connectivity index (χ0n) is 7.23. The standard InChI is InChI=1S/C8H13N3O2/c9-7-4-8(13)10-11(7)5-2-1-3-6(5)12/h4-6,12H,1-3,9H2,(H,10,13). The van der Waals surface area contributed by atoms with E-state index in [2.05, 4.69) is 5.10 Å². The number of nitrogens with zero attached hydrogens (tertiary/aromatic N) is 1.